The number of hydrogen-bond donors (Lipinski definition) is 3. The first-order valence-electron chi connectivity index (χ1n) is 12.0. The lowest BCUT2D eigenvalue weighted by molar-refractivity contribution is -0.139. The lowest BCUT2D eigenvalue weighted by Gasteiger charge is -2.33. The Labute approximate surface area is 219 Å². The molecule has 1 saturated carbocycles. The van der Waals surface area contributed by atoms with Crippen LogP contribution < -0.4 is 16.0 Å². The highest BCUT2D eigenvalue weighted by Gasteiger charge is 2.41. The van der Waals surface area contributed by atoms with E-state index in [4.69, 9.17) is 0 Å². The highest BCUT2D eigenvalue weighted by atomic mass is 19.4. The molecule has 0 bridgehead atoms. The van der Waals surface area contributed by atoms with Crippen LogP contribution in [0.15, 0.2) is 16.8 Å². The van der Waals surface area contributed by atoms with Crippen molar-refractivity contribution in [3.63, 3.8) is 0 Å². The van der Waals surface area contributed by atoms with Gasteiger partial charge < -0.3 is 16.0 Å². The van der Waals surface area contributed by atoms with E-state index in [2.05, 4.69) is 25.6 Å². The summed E-state index contributed by atoms with van der Waals surface area (Å²) in [5, 5.41) is 13.5. The Morgan fingerprint density at radius 3 is 2.31 bits per heavy atom. The molecule has 3 N–H and O–H groups in total. The van der Waals surface area contributed by atoms with Crippen LogP contribution in [-0.4, -0.2) is 52.7 Å². The van der Waals surface area contributed by atoms with Crippen molar-refractivity contribution < 1.29 is 45.4 Å². The topological polar surface area (TPSA) is 126 Å². The van der Waals surface area contributed by atoms with Crippen LogP contribution in [0.5, 0.6) is 0 Å². The number of alkyl halides is 5. The first kappa shape index (κ1) is 29.9. The molecule has 2 aromatic rings. The van der Waals surface area contributed by atoms with E-state index in [0.717, 1.165) is 6.07 Å². The average Bonchev–Trinajstić information content (AvgIpc) is 3.28. The van der Waals surface area contributed by atoms with E-state index in [1.165, 1.54) is 26.8 Å². The molecule has 1 aliphatic rings. The second-order valence-electron chi connectivity index (χ2n) is 9.58. The zero-order valence-electron chi connectivity index (χ0n) is 21.2. The van der Waals surface area contributed by atoms with E-state index >= 15 is 0 Å². The summed E-state index contributed by atoms with van der Waals surface area (Å²) in [6, 6.07) is 0.772. The van der Waals surface area contributed by atoms with Gasteiger partial charge in [-0.25, -0.2) is 17.8 Å². The van der Waals surface area contributed by atoms with Crippen LogP contribution in [-0.2, 0) is 9.59 Å². The fraction of sp³-hybridized carbons (Fsp3) is 0.542. The van der Waals surface area contributed by atoms with Crippen LogP contribution in [0, 0.1) is 25.6 Å². The van der Waals surface area contributed by atoms with Gasteiger partial charge in [0.15, 0.2) is 5.69 Å². The molecular formula is C24H27F6N5O4. The molecular weight excluding hydrogens is 536 g/mol. The van der Waals surface area contributed by atoms with E-state index in [9.17, 15) is 40.7 Å². The fourth-order valence-electron chi connectivity index (χ4n) is 4.39. The van der Waals surface area contributed by atoms with Crippen molar-refractivity contribution in [3.05, 3.63) is 40.5 Å². The molecule has 1 fully saturated rings. The van der Waals surface area contributed by atoms with Gasteiger partial charge in [0.25, 0.3) is 5.91 Å². The molecule has 1 aromatic heterocycles. The summed E-state index contributed by atoms with van der Waals surface area (Å²) < 4.78 is 84.2. The van der Waals surface area contributed by atoms with E-state index in [1.807, 2.05) is 0 Å². The molecule has 1 aromatic carbocycles. The second-order valence-corrected chi connectivity index (χ2v) is 9.58. The van der Waals surface area contributed by atoms with Gasteiger partial charge in [-0.3, -0.25) is 14.4 Å². The molecule has 0 aliphatic heterocycles. The molecule has 9 nitrogen and oxygen atoms in total. The standard InChI is InChI=1S/C24H27F6N5O4/c1-11-8-17(16(25)9-15(11)12(2)20(36)31-10-24(28,29)30)32-22(38)19(14-4-6-23(26,27)7-5-14)33-21(37)18-13(3)34-39-35-18/h8-9,12,14,19H,4-7,10H2,1-3H3,(H,31,36)(H,32,38)(H,33,37)/t12?,19-/m0/s1. The highest BCUT2D eigenvalue weighted by molar-refractivity contribution is 6.01. The van der Waals surface area contributed by atoms with Gasteiger partial charge in [-0.05, 0) is 67.9 Å². The van der Waals surface area contributed by atoms with Crippen molar-refractivity contribution in [2.45, 2.75) is 70.5 Å². The van der Waals surface area contributed by atoms with E-state index in [-0.39, 0.29) is 35.5 Å². The minimum atomic E-state index is -4.62. The lowest BCUT2D eigenvalue weighted by Crippen LogP contribution is -2.50. The summed E-state index contributed by atoms with van der Waals surface area (Å²) >= 11 is 0. The van der Waals surface area contributed by atoms with Gasteiger partial charge in [-0.1, -0.05) is 5.16 Å². The number of benzene rings is 1. The smallest absolute Gasteiger partial charge is 0.346 e. The maximum absolute atomic E-state index is 15.0. The number of amides is 3. The Balaban J connectivity index is 1.80. The molecule has 214 valence electrons. The lowest BCUT2D eigenvalue weighted by atomic mass is 9.81. The summed E-state index contributed by atoms with van der Waals surface area (Å²) in [4.78, 5) is 38.1. The van der Waals surface area contributed by atoms with Crippen molar-refractivity contribution in [1.82, 2.24) is 20.9 Å². The van der Waals surface area contributed by atoms with Crippen molar-refractivity contribution in [2.24, 2.45) is 5.92 Å². The average molecular weight is 563 g/mol. The van der Waals surface area contributed by atoms with Gasteiger partial charge in [0.1, 0.15) is 24.1 Å². The number of nitrogens with one attached hydrogen (secondary N) is 3. The van der Waals surface area contributed by atoms with E-state index in [0.29, 0.717) is 5.56 Å². The maximum Gasteiger partial charge on any atom is 0.405 e. The van der Waals surface area contributed by atoms with Gasteiger partial charge in [-0.15, -0.1) is 0 Å². The van der Waals surface area contributed by atoms with E-state index < -0.39 is 72.9 Å². The Hall–Kier alpha value is -3.65. The Morgan fingerprint density at radius 2 is 1.74 bits per heavy atom. The number of hydrogen-bond acceptors (Lipinski definition) is 6. The number of halogens is 6. The molecule has 39 heavy (non-hydrogen) atoms. The normalized spacial score (nSPS) is 17.3. The molecule has 1 unspecified atom stereocenters. The number of carbonyl (C=O) groups is 3. The van der Waals surface area contributed by atoms with Crippen molar-refractivity contribution in [1.29, 1.82) is 0 Å². The van der Waals surface area contributed by atoms with Gasteiger partial charge in [-0.2, -0.15) is 13.2 Å². The highest BCUT2D eigenvalue weighted by Crippen LogP contribution is 2.38. The first-order valence-corrected chi connectivity index (χ1v) is 12.0. The minimum Gasteiger partial charge on any atom is -0.346 e. The summed E-state index contributed by atoms with van der Waals surface area (Å²) in [7, 11) is 0. The van der Waals surface area contributed by atoms with Gasteiger partial charge in [0, 0.05) is 12.8 Å². The fourth-order valence-corrected chi connectivity index (χ4v) is 4.39. The zero-order chi connectivity index (χ0) is 29.1. The molecule has 2 atom stereocenters. The van der Waals surface area contributed by atoms with Crippen molar-refractivity contribution in [3.8, 4) is 0 Å². The SMILES string of the molecule is Cc1cc(NC(=O)[C@@H](NC(=O)c2nonc2C)C2CCC(F)(F)CC2)c(F)cc1C(C)C(=O)NCC(F)(F)F. The van der Waals surface area contributed by atoms with Gasteiger partial charge >= 0.3 is 6.18 Å². The molecule has 3 amide bonds. The Bertz CT molecular complexity index is 1220. The summed E-state index contributed by atoms with van der Waals surface area (Å²) in [5.41, 5.74) is -0.0171. The van der Waals surface area contributed by atoms with Crippen LogP contribution in [0.1, 0.15) is 65.8 Å². The predicted octanol–water partition coefficient (Wildman–Crippen LogP) is 4.17. The second kappa shape index (κ2) is 11.6. The molecule has 3 rings (SSSR count). The van der Waals surface area contributed by atoms with Crippen molar-refractivity contribution in [2.75, 3.05) is 11.9 Å². The Morgan fingerprint density at radius 1 is 1.10 bits per heavy atom. The maximum atomic E-state index is 15.0. The predicted molar refractivity (Wildman–Crippen MR) is 124 cm³/mol. The minimum absolute atomic E-state index is 0.0909. The third-order valence-electron chi connectivity index (χ3n) is 6.61. The van der Waals surface area contributed by atoms with Crippen molar-refractivity contribution >= 4 is 23.4 Å². The third kappa shape index (κ3) is 7.69. The number of nitrogens with zero attached hydrogens (tertiary/aromatic N) is 2. The van der Waals surface area contributed by atoms with Crippen LogP contribution >= 0.6 is 0 Å². The largest absolute Gasteiger partial charge is 0.405 e. The number of aromatic nitrogens is 2. The monoisotopic (exact) mass is 563 g/mol. The van der Waals surface area contributed by atoms with Crippen LogP contribution in [0.4, 0.5) is 32.0 Å². The number of rotatable bonds is 8. The molecule has 1 heterocycles. The molecule has 1 aliphatic carbocycles. The number of aryl methyl sites for hydroxylation is 2. The molecule has 0 radical (unpaired) electrons. The van der Waals surface area contributed by atoms with Gasteiger partial charge in [0.2, 0.25) is 17.7 Å². The summed E-state index contributed by atoms with van der Waals surface area (Å²) in [5.74, 6) is -8.42. The molecule has 0 saturated heterocycles. The summed E-state index contributed by atoms with van der Waals surface area (Å²) in [6.45, 7) is 2.67. The van der Waals surface area contributed by atoms with Crippen LogP contribution in [0.25, 0.3) is 0 Å². The zero-order valence-corrected chi connectivity index (χ0v) is 21.2. The van der Waals surface area contributed by atoms with Crippen LogP contribution in [0.3, 0.4) is 0 Å². The third-order valence-corrected chi connectivity index (χ3v) is 6.61. The molecule has 15 heteroatoms. The molecule has 0 spiro atoms. The van der Waals surface area contributed by atoms with Gasteiger partial charge in [0.05, 0.1) is 11.6 Å². The quantitative estimate of drug-likeness (QED) is 0.414. The summed E-state index contributed by atoms with van der Waals surface area (Å²) in [6.07, 6.45) is -5.80. The first-order chi connectivity index (χ1) is 18.1. The number of anilines is 1. The van der Waals surface area contributed by atoms with Crippen LogP contribution in [0.2, 0.25) is 0 Å². The Kier molecular flexibility index (Phi) is 8.91. The number of carbonyl (C=O) groups excluding carboxylic acids is 3. The van der Waals surface area contributed by atoms with E-state index in [1.54, 1.807) is 5.32 Å².